The Morgan fingerprint density at radius 1 is 1.53 bits per heavy atom. The van der Waals surface area contributed by atoms with E-state index in [1.807, 2.05) is 19.2 Å². The molecule has 2 rings (SSSR count). The lowest BCUT2D eigenvalue weighted by molar-refractivity contribution is 0.567. The molecule has 4 nitrogen and oxygen atoms in total. The number of hydrogen-bond acceptors (Lipinski definition) is 3. The van der Waals surface area contributed by atoms with Crippen molar-refractivity contribution in [3.05, 3.63) is 42.7 Å². The number of aryl methyl sites for hydroxylation is 1. The van der Waals surface area contributed by atoms with Gasteiger partial charge in [0.15, 0.2) is 4.60 Å². The average Bonchev–Trinajstić information content (AvgIpc) is 2.70. The van der Waals surface area contributed by atoms with E-state index in [0.717, 1.165) is 31.0 Å². The van der Waals surface area contributed by atoms with E-state index in [1.165, 1.54) is 0 Å². The third kappa shape index (κ3) is 3.29. The molecule has 1 unspecified atom stereocenters. The van der Waals surface area contributed by atoms with Crippen LogP contribution >= 0.6 is 50.1 Å². The molecule has 0 aliphatic carbocycles. The van der Waals surface area contributed by atoms with Crippen LogP contribution in [0.5, 0.6) is 0 Å². The number of aromatic nitrogens is 3. The van der Waals surface area contributed by atoms with Gasteiger partial charge in [-0.05, 0) is 62.8 Å². The van der Waals surface area contributed by atoms with Crippen molar-refractivity contribution in [3.8, 4) is 0 Å². The van der Waals surface area contributed by atoms with E-state index in [-0.39, 0.29) is 6.04 Å². The van der Waals surface area contributed by atoms with Crippen LogP contribution in [0.3, 0.4) is 0 Å². The molecule has 0 amide bonds. The first kappa shape index (κ1) is 15.2. The summed E-state index contributed by atoms with van der Waals surface area (Å²) in [6.45, 7) is 2.91. The quantitative estimate of drug-likeness (QED) is 0.718. The third-order valence-corrected chi connectivity index (χ3v) is 4.92. The van der Waals surface area contributed by atoms with E-state index in [0.29, 0.717) is 0 Å². The first-order chi connectivity index (χ1) is 9.04. The van der Waals surface area contributed by atoms with Crippen molar-refractivity contribution < 1.29 is 0 Å². The lowest BCUT2D eigenvalue weighted by Crippen LogP contribution is -2.24. The van der Waals surface area contributed by atoms with E-state index in [2.05, 4.69) is 67.1 Å². The molecule has 0 saturated heterocycles. The van der Waals surface area contributed by atoms with Gasteiger partial charge < -0.3 is 5.32 Å². The maximum atomic E-state index is 6.21. The molecule has 0 radical (unpaired) electrons. The molecule has 1 heterocycles. The summed E-state index contributed by atoms with van der Waals surface area (Å²) in [5.74, 6) is 0. The van der Waals surface area contributed by atoms with Crippen molar-refractivity contribution in [1.82, 2.24) is 20.3 Å². The Morgan fingerprint density at radius 2 is 2.26 bits per heavy atom. The van der Waals surface area contributed by atoms with E-state index in [9.17, 15) is 0 Å². The van der Waals surface area contributed by atoms with Gasteiger partial charge >= 0.3 is 0 Å². The summed E-state index contributed by atoms with van der Waals surface area (Å²) < 4.78 is 3.56. The number of hydrogen-bond donors (Lipinski definition) is 1. The Balaban J connectivity index is 2.48. The summed E-state index contributed by atoms with van der Waals surface area (Å²) in [5, 5.41) is 12.3. The normalized spacial score (nSPS) is 12.7. The molecule has 0 fully saturated rings. The Labute approximate surface area is 139 Å². The van der Waals surface area contributed by atoms with Crippen molar-refractivity contribution in [2.24, 2.45) is 7.05 Å². The predicted octanol–water partition coefficient (Wildman–Crippen LogP) is 3.53. The van der Waals surface area contributed by atoms with Crippen molar-refractivity contribution in [2.45, 2.75) is 13.0 Å². The van der Waals surface area contributed by atoms with E-state index in [1.54, 1.807) is 4.68 Å². The predicted molar refractivity (Wildman–Crippen MR) is 88.4 cm³/mol. The van der Waals surface area contributed by atoms with Gasteiger partial charge in [-0.3, -0.25) is 0 Å². The summed E-state index contributed by atoms with van der Waals surface area (Å²) >= 11 is 11.9. The number of halogens is 3. The van der Waals surface area contributed by atoms with E-state index < -0.39 is 0 Å². The summed E-state index contributed by atoms with van der Waals surface area (Å²) in [7, 11) is 1.88. The minimum absolute atomic E-state index is 0.00822. The highest BCUT2D eigenvalue weighted by Crippen LogP contribution is 2.29. The number of benzene rings is 1. The second-order valence-corrected chi connectivity index (χ2v) is 6.37. The lowest BCUT2D eigenvalue weighted by Gasteiger charge is -2.19. The van der Waals surface area contributed by atoms with Crippen LogP contribution in [0.15, 0.2) is 22.8 Å². The average molecular weight is 456 g/mol. The number of rotatable bonds is 4. The summed E-state index contributed by atoms with van der Waals surface area (Å²) in [4.78, 5) is 0. The van der Waals surface area contributed by atoms with Gasteiger partial charge in [0.25, 0.3) is 0 Å². The van der Waals surface area contributed by atoms with Crippen LogP contribution < -0.4 is 5.32 Å². The zero-order valence-electron chi connectivity index (χ0n) is 10.5. The number of nitrogens with zero attached hydrogens (tertiary/aromatic N) is 3. The van der Waals surface area contributed by atoms with Gasteiger partial charge in [0.05, 0.1) is 16.8 Å². The summed E-state index contributed by atoms with van der Waals surface area (Å²) in [5.41, 5.74) is 2.08. The molecule has 1 aromatic carbocycles. The Bertz CT molecular complexity index is 568. The number of nitrogens with one attached hydrogen (secondary N) is 1. The van der Waals surface area contributed by atoms with E-state index >= 15 is 0 Å². The first-order valence-corrected chi connectivity index (χ1v) is 8.03. The van der Waals surface area contributed by atoms with Crippen molar-refractivity contribution in [2.75, 3.05) is 6.54 Å². The fraction of sp³-hybridized carbons (Fsp3) is 0.333. The van der Waals surface area contributed by atoms with Gasteiger partial charge in [-0.2, -0.15) is 0 Å². The van der Waals surface area contributed by atoms with Gasteiger partial charge in [-0.25, -0.2) is 4.68 Å². The molecule has 7 heteroatoms. The standard InChI is InChI=1S/C12H13BrClIN4/c1-3-16-10(11-12(13)17-18-19(11)2)7-4-5-9(15)8(14)6-7/h4-6,10,16H,3H2,1-2H3. The van der Waals surface area contributed by atoms with Crippen LogP contribution in [-0.2, 0) is 7.05 Å². The molecule has 2 aromatic rings. The van der Waals surface area contributed by atoms with Gasteiger partial charge in [-0.1, -0.05) is 29.8 Å². The van der Waals surface area contributed by atoms with Crippen molar-refractivity contribution in [1.29, 1.82) is 0 Å². The van der Waals surface area contributed by atoms with Gasteiger partial charge in [-0.15, -0.1) is 5.10 Å². The summed E-state index contributed by atoms with van der Waals surface area (Å²) in [6, 6.07) is 6.07. The molecule has 1 atom stereocenters. The minimum Gasteiger partial charge on any atom is -0.305 e. The molecule has 1 N–H and O–H groups in total. The van der Waals surface area contributed by atoms with Crippen LogP contribution in [0.2, 0.25) is 5.02 Å². The molecule has 19 heavy (non-hydrogen) atoms. The molecule has 102 valence electrons. The molecular weight excluding hydrogens is 442 g/mol. The van der Waals surface area contributed by atoms with Crippen LogP contribution in [0.4, 0.5) is 0 Å². The minimum atomic E-state index is 0.00822. The first-order valence-electron chi connectivity index (χ1n) is 5.78. The topological polar surface area (TPSA) is 42.7 Å². The second kappa shape index (κ2) is 6.51. The maximum Gasteiger partial charge on any atom is 0.153 e. The smallest absolute Gasteiger partial charge is 0.153 e. The molecule has 0 aliphatic rings. The Kier molecular flexibility index (Phi) is 5.22. The maximum absolute atomic E-state index is 6.21. The highest BCUT2D eigenvalue weighted by molar-refractivity contribution is 14.1. The summed E-state index contributed by atoms with van der Waals surface area (Å²) in [6.07, 6.45) is 0. The highest BCUT2D eigenvalue weighted by atomic mass is 127. The molecule has 0 aliphatic heterocycles. The van der Waals surface area contributed by atoms with Crippen LogP contribution in [0.25, 0.3) is 0 Å². The third-order valence-electron chi connectivity index (χ3n) is 2.79. The monoisotopic (exact) mass is 454 g/mol. The largest absolute Gasteiger partial charge is 0.305 e. The van der Waals surface area contributed by atoms with Gasteiger partial charge in [0, 0.05) is 10.6 Å². The Morgan fingerprint density at radius 3 is 2.79 bits per heavy atom. The van der Waals surface area contributed by atoms with Crippen LogP contribution in [0.1, 0.15) is 24.2 Å². The van der Waals surface area contributed by atoms with E-state index in [4.69, 9.17) is 11.6 Å². The SMILES string of the molecule is CCNC(c1ccc(I)c(Cl)c1)c1c(Br)nnn1C. The second-order valence-electron chi connectivity index (χ2n) is 4.05. The van der Waals surface area contributed by atoms with Crippen LogP contribution in [0, 0.1) is 3.57 Å². The lowest BCUT2D eigenvalue weighted by atomic mass is 10.0. The molecule has 1 aromatic heterocycles. The van der Waals surface area contributed by atoms with Crippen molar-refractivity contribution in [3.63, 3.8) is 0 Å². The van der Waals surface area contributed by atoms with Gasteiger partial charge in [0.1, 0.15) is 0 Å². The van der Waals surface area contributed by atoms with Crippen molar-refractivity contribution >= 4 is 50.1 Å². The fourth-order valence-electron chi connectivity index (χ4n) is 1.91. The molecule has 0 saturated carbocycles. The zero-order chi connectivity index (χ0) is 14.0. The molecular formula is C12H13BrClIN4. The van der Waals surface area contributed by atoms with Gasteiger partial charge in [0.2, 0.25) is 0 Å². The van der Waals surface area contributed by atoms with Crippen LogP contribution in [-0.4, -0.2) is 21.5 Å². The fourth-order valence-corrected chi connectivity index (χ4v) is 2.99. The highest BCUT2D eigenvalue weighted by Gasteiger charge is 2.21. The molecule has 0 bridgehead atoms. The Hall–Kier alpha value is -0.180. The zero-order valence-corrected chi connectivity index (χ0v) is 15.0. The molecule has 0 spiro atoms.